The molecule has 192 valence electrons. The smallest absolute Gasteiger partial charge is 0.382 e. The number of amides is 1. The zero-order valence-corrected chi connectivity index (χ0v) is 20.7. The van der Waals surface area contributed by atoms with E-state index >= 15 is 0 Å². The van der Waals surface area contributed by atoms with E-state index in [1.807, 2.05) is 45.9 Å². The first-order valence-electron chi connectivity index (χ1n) is 11.3. The molecule has 2 aromatic carbocycles. The lowest BCUT2D eigenvalue weighted by Gasteiger charge is -2.19. The summed E-state index contributed by atoms with van der Waals surface area (Å²) in [6, 6.07) is 12.2. The third-order valence-electron chi connectivity index (χ3n) is 5.82. The summed E-state index contributed by atoms with van der Waals surface area (Å²) in [5, 5.41) is 10.6. The van der Waals surface area contributed by atoms with Gasteiger partial charge in [-0.3, -0.25) is 4.79 Å². The van der Waals surface area contributed by atoms with Gasteiger partial charge in [0.2, 0.25) is 5.91 Å². The number of aryl methyl sites for hydroxylation is 1. The van der Waals surface area contributed by atoms with Crippen LogP contribution < -0.4 is 16.9 Å². The highest BCUT2D eigenvalue weighted by atomic mass is 19.4. The van der Waals surface area contributed by atoms with Crippen LogP contribution in [0.1, 0.15) is 37.5 Å². The van der Waals surface area contributed by atoms with E-state index in [0.717, 1.165) is 17.2 Å². The van der Waals surface area contributed by atoms with Crippen LogP contribution in [0.3, 0.4) is 0 Å². The zero-order chi connectivity index (χ0) is 27.1. The maximum Gasteiger partial charge on any atom is 0.417 e. The number of nitrogens with zero attached hydrogens (tertiary/aromatic N) is 4. The van der Waals surface area contributed by atoms with Gasteiger partial charge in [0.25, 0.3) is 0 Å². The van der Waals surface area contributed by atoms with Crippen molar-refractivity contribution < 1.29 is 18.0 Å². The second-order valence-electron chi connectivity index (χ2n) is 9.65. The monoisotopic (exact) mass is 509 g/mol. The van der Waals surface area contributed by atoms with Crippen LogP contribution >= 0.6 is 0 Å². The van der Waals surface area contributed by atoms with Crippen molar-refractivity contribution in [3.63, 3.8) is 0 Å². The van der Waals surface area contributed by atoms with E-state index in [-0.39, 0.29) is 28.6 Å². The lowest BCUT2D eigenvalue weighted by Crippen LogP contribution is -2.27. The molecular formula is C26H26F3N7O. The summed E-state index contributed by atoms with van der Waals surface area (Å²) in [6.07, 6.45) is -3.04. The van der Waals surface area contributed by atoms with Crippen molar-refractivity contribution in [1.29, 1.82) is 0 Å². The number of hydrogen-bond donors (Lipinski definition) is 3. The minimum absolute atomic E-state index is 0.0540. The van der Waals surface area contributed by atoms with Gasteiger partial charge >= 0.3 is 6.18 Å². The number of aromatic nitrogens is 3. The fraction of sp³-hybridized carbons (Fsp3) is 0.231. The molecule has 0 spiro atoms. The predicted molar refractivity (Wildman–Crippen MR) is 137 cm³/mol. The molecular weight excluding hydrogens is 483 g/mol. The van der Waals surface area contributed by atoms with E-state index in [9.17, 15) is 18.0 Å². The van der Waals surface area contributed by atoms with Crippen LogP contribution in [0, 0.1) is 12.3 Å². The maximum absolute atomic E-state index is 13.9. The number of carbonyl (C=O) groups excluding carboxylic acids is 1. The Kier molecular flexibility index (Phi) is 6.41. The Morgan fingerprint density at radius 2 is 1.76 bits per heavy atom. The molecule has 11 heteroatoms. The third kappa shape index (κ3) is 5.25. The number of imidazole rings is 1. The summed E-state index contributed by atoms with van der Waals surface area (Å²) in [7, 11) is 0. The topological polar surface area (TPSA) is 124 Å². The van der Waals surface area contributed by atoms with Crippen molar-refractivity contribution >= 4 is 23.1 Å². The maximum atomic E-state index is 13.9. The molecule has 1 amide bonds. The number of fused-ring (bicyclic) bond motifs is 1. The summed E-state index contributed by atoms with van der Waals surface area (Å²) < 4.78 is 43.0. The standard InChI is InChI=1S/C26H26F3N7O/c1-14-5-6-15(12-20(14)33-24(37)25(2,3)4)21-13-36-22(32-21)10-9-19(35-36)17-8-7-16(23(30)34-31)11-18(17)26(27,28)29/h5-13H,31H2,1-4H3,(H2,30,34)(H,33,37). The molecule has 0 aliphatic heterocycles. The van der Waals surface area contributed by atoms with Gasteiger partial charge in [-0.15, -0.1) is 0 Å². The Morgan fingerprint density at radius 1 is 1.03 bits per heavy atom. The van der Waals surface area contributed by atoms with E-state index < -0.39 is 17.2 Å². The van der Waals surface area contributed by atoms with Crippen molar-refractivity contribution in [2.75, 3.05) is 5.32 Å². The SMILES string of the molecule is Cc1ccc(-c2cn3nc(-c4ccc(C(N)=NN)cc4C(F)(F)F)ccc3n2)cc1NC(=O)C(C)(C)C. The molecule has 5 N–H and O–H groups in total. The number of nitrogens with two attached hydrogens (primary N) is 2. The van der Waals surface area contributed by atoms with E-state index in [0.29, 0.717) is 17.0 Å². The van der Waals surface area contributed by atoms with Gasteiger partial charge in [-0.2, -0.15) is 23.4 Å². The molecule has 0 fully saturated rings. The van der Waals surface area contributed by atoms with Crippen LogP contribution in [0.4, 0.5) is 18.9 Å². The molecule has 0 bridgehead atoms. The largest absolute Gasteiger partial charge is 0.417 e. The van der Waals surface area contributed by atoms with Gasteiger partial charge in [-0.05, 0) is 36.8 Å². The number of carbonyl (C=O) groups is 1. The molecule has 2 heterocycles. The number of halogens is 3. The molecule has 0 aliphatic rings. The Hall–Kier alpha value is -4.41. The number of nitrogens with one attached hydrogen (secondary N) is 1. The number of hydrogen-bond acceptors (Lipinski definition) is 5. The minimum atomic E-state index is -4.66. The fourth-order valence-corrected chi connectivity index (χ4v) is 3.63. The minimum Gasteiger partial charge on any atom is -0.382 e. The second kappa shape index (κ2) is 9.23. The zero-order valence-electron chi connectivity index (χ0n) is 20.7. The first kappa shape index (κ1) is 25.7. The first-order chi connectivity index (χ1) is 17.3. The molecule has 0 unspecified atom stereocenters. The molecule has 0 aliphatic carbocycles. The fourth-order valence-electron chi connectivity index (χ4n) is 3.63. The molecule has 2 aromatic heterocycles. The van der Waals surface area contributed by atoms with Crippen LogP contribution in [0.5, 0.6) is 0 Å². The average Bonchev–Trinajstić information content (AvgIpc) is 3.26. The quantitative estimate of drug-likeness (QED) is 0.155. The van der Waals surface area contributed by atoms with Crippen LogP contribution in [0.25, 0.3) is 28.2 Å². The number of rotatable bonds is 4. The number of hydrazone groups is 1. The lowest BCUT2D eigenvalue weighted by molar-refractivity contribution is -0.137. The first-order valence-corrected chi connectivity index (χ1v) is 11.3. The second-order valence-corrected chi connectivity index (χ2v) is 9.65. The molecule has 4 aromatic rings. The highest BCUT2D eigenvalue weighted by Crippen LogP contribution is 2.37. The van der Waals surface area contributed by atoms with Gasteiger partial charge in [-0.1, -0.05) is 45.0 Å². The Morgan fingerprint density at radius 3 is 2.41 bits per heavy atom. The van der Waals surface area contributed by atoms with Gasteiger partial charge in [0, 0.05) is 27.8 Å². The van der Waals surface area contributed by atoms with Gasteiger partial charge < -0.3 is 16.9 Å². The van der Waals surface area contributed by atoms with Crippen LogP contribution in [0.15, 0.2) is 59.8 Å². The van der Waals surface area contributed by atoms with Crippen molar-refractivity contribution in [3.8, 4) is 22.5 Å². The molecule has 0 saturated heterocycles. The van der Waals surface area contributed by atoms with Crippen LogP contribution in [0.2, 0.25) is 0 Å². The Bertz CT molecular complexity index is 1530. The van der Waals surface area contributed by atoms with Gasteiger partial charge in [0.05, 0.1) is 23.1 Å². The van der Waals surface area contributed by atoms with E-state index in [1.165, 1.54) is 22.7 Å². The normalized spacial score (nSPS) is 12.7. The highest BCUT2D eigenvalue weighted by Gasteiger charge is 2.34. The van der Waals surface area contributed by atoms with Crippen molar-refractivity contribution in [2.24, 2.45) is 22.1 Å². The van der Waals surface area contributed by atoms with Crippen LogP contribution in [-0.4, -0.2) is 26.3 Å². The molecule has 8 nitrogen and oxygen atoms in total. The number of alkyl halides is 3. The Balaban J connectivity index is 1.75. The molecule has 0 atom stereocenters. The van der Waals surface area contributed by atoms with E-state index in [2.05, 4.69) is 20.5 Å². The predicted octanol–water partition coefficient (Wildman–Crippen LogP) is 4.95. The lowest BCUT2D eigenvalue weighted by atomic mass is 9.95. The van der Waals surface area contributed by atoms with Crippen molar-refractivity contribution in [2.45, 2.75) is 33.9 Å². The van der Waals surface area contributed by atoms with Crippen molar-refractivity contribution in [3.05, 3.63) is 71.4 Å². The number of anilines is 1. The highest BCUT2D eigenvalue weighted by molar-refractivity contribution is 5.98. The summed E-state index contributed by atoms with van der Waals surface area (Å²) in [5.74, 6) is 4.79. The summed E-state index contributed by atoms with van der Waals surface area (Å²) in [5.41, 5.74) is 7.40. The summed E-state index contributed by atoms with van der Waals surface area (Å²) >= 11 is 0. The summed E-state index contributed by atoms with van der Waals surface area (Å²) in [4.78, 5) is 17.0. The molecule has 0 saturated carbocycles. The molecule has 37 heavy (non-hydrogen) atoms. The van der Waals surface area contributed by atoms with E-state index in [4.69, 9.17) is 11.6 Å². The summed E-state index contributed by atoms with van der Waals surface area (Å²) in [6.45, 7) is 7.36. The third-order valence-corrected chi connectivity index (χ3v) is 5.82. The Labute approximate surface area is 211 Å². The van der Waals surface area contributed by atoms with Gasteiger partial charge in [-0.25, -0.2) is 9.50 Å². The van der Waals surface area contributed by atoms with Crippen LogP contribution in [-0.2, 0) is 11.0 Å². The number of amidine groups is 1. The number of benzene rings is 2. The average molecular weight is 510 g/mol. The van der Waals surface area contributed by atoms with Crippen molar-refractivity contribution in [1.82, 2.24) is 14.6 Å². The van der Waals surface area contributed by atoms with E-state index in [1.54, 1.807) is 12.3 Å². The molecule has 4 rings (SSSR count). The molecule has 0 radical (unpaired) electrons. The van der Waals surface area contributed by atoms with Gasteiger partial charge in [0.15, 0.2) is 5.65 Å². The van der Waals surface area contributed by atoms with Gasteiger partial charge in [0.1, 0.15) is 5.84 Å².